The van der Waals surface area contributed by atoms with E-state index in [1.54, 1.807) is 24.3 Å². The Balaban J connectivity index is 1.95. The highest BCUT2D eigenvalue weighted by Gasteiger charge is 2.31. The van der Waals surface area contributed by atoms with E-state index in [4.69, 9.17) is 23.2 Å². The van der Waals surface area contributed by atoms with Gasteiger partial charge in [-0.3, -0.25) is 10.9 Å². The molecule has 12 heteroatoms. The molecule has 0 fully saturated rings. The molecule has 182 valence electrons. The summed E-state index contributed by atoms with van der Waals surface area (Å²) in [5.74, 6) is 0.136. The molecule has 0 amide bonds. The molecule has 0 saturated carbocycles. The Morgan fingerprint density at radius 2 is 1.79 bits per heavy atom. The summed E-state index contributed by atoms with van der Waals surface area (Å²) in [5, 5.41) is 13.6. The standard InChI is InChI=1S/C22H22Cl2F3N5O2/c1-12(2)19(11-33)29-21-28-18(13-4-3-5-15(8-13)34-22(25,26)27)10-20(30-21)32-31-17-7-6-14(23)9-16(17)24/h3-10,12,19,31,33H,11H2,1-2H3,(H2,28,29,30,32)/t19-/m1/s1. The maximum absolute atomic E-state index is 12.7. The van der Waals surface area contributed by atoms with Crippen LogP contribution in [-0.4, -0.2) is 34.1 Å². The number of aromatic nitrogens is 2. The molecule has 3 aromatic rings. The average molecular weight is 516 g/mol. The first-order valence-electron chi connectivity index (χ1n) is 10.1. The van der Waals surface area contributed by atoms with Gasteiger partial charge in [-0.1, -0.05) is 49.2 Å². The lowest BCUT2D eigenvalue weighted by Gasteiger charge is -2.21. The Bertz CT molecular complexity index is 1130. The minimum Gasteiger partial charge on any atom is -0.406 e. The number of hydrogen-bond donors (Lipinski definition) is 4. The Kier molecular flexibility index (Phi) is 8.29. The van der Waals surface area contributed by atoms with E-state index in [2.05, 4.69) is 30.9 Å². The SMILES string of the molecule is CC(C)[C@@H](CO)Nc1nc(NNc2ccc(Cl)cc2Cl)cc(-c2cccc(OC(F)(F)F)c2)n1. The largest absolute Gasteiger partial charge is 0.573 e. The molecule has 0 bridgehead atoms. The van der Waals surface area contributed by atoms with Crippen LogP contribution >= 0.6 is 23.2 Å². The van der Waals surface area contributed by atoms with Crippen LogP contribution in [0.3, 0.4) is 0 Å². The first-order valence-corrected chi connectivity index (χ1v) is 10.9. The molecule has 0 radical (unpaired) electrons. The minimum absolute atomic E-state index is 0.0585. The maximum Gasteiger partial charge on any atom is 0.573 e. The fourth-order valence-corrected chi connectivity index (χ4v) is 3.34. The molecule has 0 unspecified atom stereocenters. The maximum atomic E-state index is 12.7. The fraction of sp³-hybridized carbons (Fsp3) is 0.273. The van der Waals surface area contributed by atoms with Crippen molar-refractivity contribution in [2.45, 2.75) is 26.3 Å². The van der Waals surface area contributed by atoms with Crippen LogP contribution in [0.1, 0.15) is 13.8 Å². The van der Waals surface area contributed by atoms with Crippen molar-refractivity contribution in [3.8, 4) is 17.0 Å². The summed E-state index contributed by atoms with van der Waals surface area (Å²) in [6, 6.07) is 11.5. The molecule has 1 aromatic heterocycles. The molecule has 34 heavy (non-hydrogen) atoms. The van der Waals surface area contributed by atoms with E-state index < -0.39 is 6.36 Å². The summed E-state index contributed by atoms with van der Waals surface area (Å²) < 4.78 is 42.0. The number of rotatable bonds is 9. The second-order valence-electron chi connectivity index (χ2n) is 7.59. The van der Waals surface area contributed by atoms with E-state index in [0.29, 0.717) is 32.8 Å². The van der Waals surface area contributed by atoms with Crippen LogP contribution in [0.25, 0.3) is 11.3 Å². The van der Waals surface area contributed by atoms with E-state index in [9.17, 15) is 18.3 Å². The minimum atomic E-state index is -4.82. The van der Waals surface area contributed by atoms with Crippen LogP contribution < -0.4 is 20.9 Å². The third-order valence-electron chi connectivity index (χ3n) is 4.66. The lowest BCUT2D eigenvalue weighted by Crippen LogP contribution is -2.30. The number of hydrazine groups is 1. The number of hydrogen-bond acceptors (Lipinski definition) is 7. The Morgan fingerprint density at radius 3 is 2.44 bits per heavy atom. The van der Waals surface area contributed by atoms with Gasteiger partial charge in [0.25, 0.3) is 0 Å². The summed E-state index contributed by atoms with van der Waals surface area (Å²) in [7, 11) is 0. The van der Waals surface area contributed by atoms with Gasteiger partial charge in [0.1, 0.15) is 5.75 Å². The number of aliphatic hydroxyl groups excluding tert-OH is 1. The summed E-state index contributed by atoms with van der Waals surface area (Å²) in [6.45, 7) is 3.67. The van der Waals surface area contributed by atoms with Gasteiger partial charge in [0.05, 0.1) is 29.1 Å². The van der Waals surface area contributed by atoms with Gasteiger partial charge < -0.3 is 15.2 Å². The zero-order valence-electron chi connectivity index (χ0n) is 18.1. The van der Waals surface area contributed by atoms with Gasteiger partial charge >= 0.3 is 6.36 Å². The zero-order chi connectivity index (χ0) is 24.9. The van der Waals surface area contributed by atoms with Crippen LogP contribution in [-0.2, 0) is 0 Å². The van der Waals surface area contributed by atoms with Gasteiger partial charge in [-0.15, -0.1) is 13.2 Å². The second-order valence-corrected chi connectivity index (χ2v) is 8.43. The molecule has 2 aromatic carbocycles. The van der Waals surface area contributed by atoms with Crippen molar-refractivity contribution < 1.29 is 23.0 Å². The smallest absolute Gasteiger partial charge is 0.406 e. The predicted molar refractivity (Wildman–Crippen MR) is 127 cm³/mol. The van der Waals surface area contributed by atoms with Crippen LogP contribution in [0.5, 0.6) is 5.75 Å². The van der Waals surface area contributed by atoms with Crippen molar-refractivity contribution in [1.29, 1.82) is 0 Å². The highest BCUT2D eigenvalue weighted by molar-refractivity contribution is 6.36. The highest BCUT2D eigenvalue weighted by Crippen LogP contribution is 2.30. The summed E-state index contributed by atoms with van der Waals surface area (Å²) in [4.78, 5) is 8.80. The van der Waals surface area contributed by atoms with E-state index in [0.717, 1.165) is 0 Å². The Hall–Kier alpha value is -2.95. The molecule has 0 aliphatic carbocycles. The number of nitrogens with zero attached hydrogens (tertiary/aromatic N) is 2. The molecular formula is C22H22Cl2F3N5O2. The number of nitrogens with one attached hydrogen (secondary N) is 3. The van der Waals surface area contributed by atoms with Crippen LogP contribution in [0.4, 0.5) is 30.6 Å². The van der Waals surface area contributed by atoms with E-state index >= 15 is 0 Å². The molecule has 4 N–H and O–H groups in total. The van der Waals surface area contributed by atoms with Crippen molar-refractivity contribution >= 4 is 40.7 Å². The predicted octanol–water partition coefficient (Wildman–Crippen LogP) is 6.22. The Morgan fingerprint density at radius 1 is 1.03 bits per heavy atom. The van der Waals surface area contributed by atoms with E-state index in [1.165, 1.54) is 24.3 Å². The molecule has 0 aliphatic rings. The van der Waals surface area contributed by atoms with Crippen LogP contribution in [0, 0.1) is 5.92 Å². The molecule has 0 aliphatic heterocycles. The third kappa shape index (κ3) is 7.28. The van der Waals surface area contributed by atoms with Gasteiger partial charge in [0.2, 0.25) is 5.95 Å². The van der Waals surface area contributed by atoms with Gasteiger partial charge in [-0.25, -0.2) is 4.98 Å². The van der Waals surface area contributed by atoms with Crippen LogP contribution in [0.2, 0.25) is 10.0 Å². The highest BCUT2D eigenvalue weighted by atomic mass is 35.5. The number of ether oxygens (including phenoxy) is 1. The summed E-state index contributed by atoms with van der Waals surface area (Å²) >= 11 is 12.1. The van der Waals surface area contributed by atoms with Crippen molar-refractivity contribution in [3.05, 3.63) is 58.6 Å². The molecular weight excluding hydrogens is 494 g/mol. The molecule has 1 heterocycles. The first-order chi connectivity index (χ1) is 16.0. The number of alkyl halides is 3. The van der Waals surface area contributed by atoms with E-state index in [-0.39, 0.29) is 30.3 Å². The van der Waals surface area contributed by atoms with Crippen molar-refractivity contribution in [2.24, 2.45) is 5.92 Å². The van der Waals surface area contributed by atoms with E-state index in [1.807, 2.05) is 13.8 Å². The molecule has 1 atom stereocenters. The van der Waals surface area contributed by atoms with Gasteiger partial charge in [0.15, 0.2) is 5.82 Å². The molecule has 0 spiro atoms. The third-order valence-corrected chi connectivity index (χ3v) is 5.21. The molecule has 7 nitrogen and oxygen atoms in total. The normalized spacial score (nSPS) is 12.4. The summed E-state index contributed by atoms with van der Waals surface area (Å²) in [5.41, 5.74) is 7.02. The topological polar surface area (TPSA) is 91.3 Å². The first kappa shape index (κ1) is 25.7. The van der Waals surface area contributed by atoms with Crippen LogP contribution in [0.15, 0.2) is 48.5 Å². The quantitative estimate of drug-likeness (QED) is 0.251. The number of halogens is 5. The van der Waals surface area contributed by atoms with Crippen molar-refractivity contribution in [1.82, 2.24) is 9.97 Å². The van der Waals surface area contributed by atoms with Gasteiger partial charge in [0, 0.05) is 16.7 Å². The zero-order valence-corrected chi connectivity index (χ0v) is 19.6. The Labute approximate surface area is 204 Å². The number of benzene rings is 2. The number of anilines is 3. The lowest BCUT2D eigenvalue weighted by molar-refractivity contribution is -0.274. The number of aliphatic hydroxyl groups is 1. The second kappa shape index (κ2) is 11.0. The molecule has 0 saturated heterocycles. The fourth-order valence-electron chi connectivity index (χ4n) is 2.89. The molecule has 3 rings (SSSR count). The van der Waals surface area contributed by atoms with Gasteiger partial charge in [-0.2, -0.15) is 4.98 Å². The lowest BCUT2D eigenvalue weighted by atomic mass is 10.1. The monoisotopic (exact) mass is 515 g/mol. The van der Waals surface area contributed by atoms with Gasteiger partial charge in [-0.05, 0) is 36.2 Å². The summed E-state index contributed by atoms with van der Waals surface area (Å²) in [6.07, 6.45) is -4.82. The average Bonchev–Trinajstić information content (AvgIpc) is 2.75. The van der Waals surface area contributed by atoms with Crippen molar-refractivity contribution in [3.63, 3.8) is 0 Å². The van der Waals surface area contributed by atoms with Crippen molar-refractivity contribution in [2.75, 3.05) is 22.8 Å².